The number of nitrogens with zero attached hydrogens (tertiary/aromatic N) is 1. The molecule has 6 nitrogen and oxygen atoms in total. The Bertz CT molecular complexity index is 742. The first-order valence-electron chi connectivity index (χ1n) is 9.53. The molecule has 0 saturated carbocycles. The molecular weight excluding hydrogens is 350 g/mol. The van der Waals surface area contributed by atoms with Crippen LogP contribution in [0.25, 0.3) is 0 Å². The van der Waals surface area contributed by atoms with Gasteiger partial charge in [-0.05, 0) is 74.4 Å². The Morgan fingerprint density at radius 1 is 1.27 bits per heavy atom. The van der Waals surface area contributed by atoms with Crippen LogP contribution in [0.4, 0.5) is 0 Å². The van der Waals surface area contributed by atoms with Crippen molar-refractivity contribution in [3.05, 3.63) is 29.3 Å². The Hall–Kier alpha value is -1.44. The van der Waals surface area contributed by atoms with Gasteiger partial charge in [-0.1, -0.05) is 6.07 Å². The Morgan fingerprint density at radius 3 is 2.73 bits per heavy atom. The predicted molar refractivity (Wildman–Crippen MR) is 102 cm³/mol. The summed E-state index contributed by atoms with van der Waals surface area (Å²) in [5, 5.41) is 3.36. The number of nitrogens with one attached hydrogen (secondary N) is 2. The monoisotopic (exact) mass is 379 g/mol. The summed E-state index contributed by atoms with van der Waals surface area (Å²) in [7, 11) is -3.49. The van der Waals surface area contributed by atoms with Crippen molar-refractivity contribution in [1.82, 2.24) is 14.9 Å². The maximum absolute atomic E-state index is 12.6. The number of carbonyl (C=O) groups is 1. The van der Waals surface area contributed by atoms with Gasteiger partial charge in [0.15, 0.2) is 0 Å². The van der Waals surface area contributed by atoms with Crippen molar-refractivity contribution < 1.29 is 13.2 Å². The molecule has 1 fully saturated rings. The first kappa shape index (κ1) is 19.3. The number of rotatable bonds is 5. The zero-order valence-electron chi connectivity index (χ0n) is 15.5. The smallest absolute Gasteiger partial charge is 0.240 e. The number of benzene rings is 1. The van der Waals surface area contributed by atoms with E-state index < -0.39 is 10.0 Å². The summed E-state index contributed by atoms with van der Waals surface area (Å²) in [6.45, 7) is 5.45. The van der Waals surface area contributed by atoms with E-state index in [4.69, 9.17) is 0 Å². The topological polar surface area (TPSA) is 78.5 Å². The van der Waals surface area contributed by atoms with Crippen LogP contribution in [0, 0.1) is 5.92 Å². The van der Waals surface area contributed by atoms with E-state index in [1.54, 1.807) is 19.1 Å². The second-order valence-corrected chi connectivity index (χ2v) is 9.10. The van der Waals surface area contributed by atoms with Crippen LogP contribution in [0.5, 0.6) is 0 Å². The zero-order chi connectivity index (χ0) is 18.6. The summed E-state index contributed by atoms with van der Waals surface area (Å²) >= 11 is 0. The van der Waals surface area contributed by atoms with Crippen LogP contribution < -0.4 is 10.0 Å². The molecule has 0 aliphatic carbocycles. The largest absolute Gasteiger partial charge is 0.342 e. The molecule has 0 aromatic heterocycles. The first-order valence-corrected chi connectivity index (χ1v) is 11.0. The van der Waals surface area contributed by atoms with Crippen LogP contribution >= 0.6 is 0 Å². The van der Waals surface area contributed by atoms with E-state index in [0.29, 0.717) is 36.9 Å². The summed E-state index contributed by atoms with van der Waals surface area (Å²) in [5.41, 5.74) is 2.18. The van der Waals surface area contributed by atoms with E-state index >= 15 is 0 Å². The van der Waals surface area contributed by atoms with E-state index in [2.05, 4.69) is 10.0 Å². The normalized spacial score (nSPS) is 21.1. The minimum absolute atomic E-state index is 0.0736. The van der Waals surface area contributed by atoms with Crippen LogP contribution in [-0.2, 0) is 27.7 Å². The number of carbonyl (C=O) groups excluding carboxylic acids is 1. The highest BCUT2D eigenvalue weighted by molar-refractivity contribution is 7.89. The van der Waals surface area contributed by atoms with Crippen LogP contribution in [-0.4, -0.2) is 51.9 Å². The second-order valence-electron chi connectivity index (χ2n) is 7.34. The Morgan fingerprint density at radius 2 is 2.04 bits per heavy atom. The van der Waals surface area contributed by atoms with Crippen molar-refractivity contribution in [2.75, 3.05) is 32.7 Å². The minimum Gasteiger partial charge on any atom is -0.342 e. The molecule has 0 radical (unpaired) electrons. The van der Waals surface area contributed by atoms with Crippen molar-refractivity contribution in [2.45, 2.75) is 43.9 Å². The lowest BCUT2D eigenvalue weighted by molar-refractivity contribution is -0.128. The van der Waals surface area contributed by atoms with Gasteiger partial charge in [0.1, 0.15) is 0 Å². The highest BCUT2D eigenvalue weighted by Gasteiger charge is 2.20. The van der Waals surface area contributed by atoms with Crippen molar-refractivity contribution in [3.63, 3.8) is 0 Å². The molecule has 2 heterocycles. The molecule has 0 spiro atoms. The molecule has 1 atom stereocenters. The summed E-state index contributed by atoms with van der Waals surface area (Å²) in [5.74, 6) is 0.626. The fourth-order valence-electron chi connectivity index (χ4n) is 3.83. The quantitative estimate of drug-likeness (QED) is 0.808. The average molecular weight is 380 g/mol. The second kappa shape index (κ2) is 8.50. The van der Waals surface area contributed by atoms with Gasteiger partial charge in [-0.25, -0.2) is 13.1 Å². The average Bonchev–Trinajstić information content (AvgIpc) is 2.84. The fraction of sp³-hybridized carbons (Fsp3) is 0.632. The maximum Gasteiger partial charge on any atom is 0.240 e. The molecule has 1 aromatic rings. The first-order chi connectivity index (χ1) is 12.5. The Kier molecular flexibility index (Phi) is 6.32. The SMILES string of the molecule is CC(=O)N1CCc2ccc(S(=O)(=O)NCCC3CCCNC3)cc2CC1. The van der Waals surface area contributed by atoms with Crippen molar-refractivity contribution in [2.24, 2.45) is 5.92 Å². The lowest BCUT2D eigenvalue weighted by Gasteiger charge is -2.22. The number of hydrogen-bond acceptors (Lipinski definition) is 4. The Labute approximate surface area is 156 Å². The van der Waals surface area contributed by atoms with Gasteiger partial charge < -0.3 is 10.2 Å². The van der Waals surface area contributed by atoms with E-state index in [1.165, 1.54) is 12.8 Å². The number of sulfonamides is 1. The molecule has 1 unspecified atom stereocenters. The molecule has 0 bridgehead atoms. The molecule has 7 heteroatoms. The molecular formula is C19H29N3O3S. The maximum atomic E-state index is 12.6. The van der Waals surface area contributed by atoms with Crippen molar-refractivity contribution in [3.8, 4) is 0 Å². The van der Waals surface area contributed by atoms with E-state index in [0.717, 1.165) is 37.1 Å². The highest BCUT2D eigenvalue weighted by Crippen LogP contribution is 2.21. The van der Waals surface area contributed by atoms with Gasteiger partial charge in [-0.15, -0.1) is 0 Å². The standard InChI is InChI=1S/C19H29N3O3S/c1-15(23)22-11-7-17-4-5-19(13-18(17)8-12-22)26(24,25)21-10-6-16-3-2-9-20-14-16/h4-5,13,16,20-21H,2-3,6-12,14H2,1H3. The molecule has 2 aliphatic heterocycles. The van der Waals surface area contributed by atoms with Gasteiger partial charge >= 0.3 is 0 Å². The van der Waals surface area contributed by atoms with Crippen molar-refractivity contribution >= 4 is 15.9 Å². The van der Waals surface area contributed by atoms with Gasteiger partial charge in [0.05, 0.1) is 4.90 Å². The molecule has 1 saturated heterocycles. The van der Waals surface area contributed by atoms with Gasteiger partial charge in [0.25, 0.3) is 0 Å². The van der Waals surface area contributed by atoms with Crippen LogP contribution in [0.15, 0.2) is 23.1 Å². The highest BCUT2D eigenvalue weighted by atomic mass is 32.2. The number of amides is 1. The third kappa shape index (κ3) is 4.84. The molecule has 3 rings (SSSR count). The lowest BCUT2D eigenvalue weighted by atomic mass is 9.96. The summed E-state index contributed by atoms with van der Waals surface area (Å²) < 4.78 is 28.0. The van der Waals surface area contributed by atoms with Gasteiger partial charge in [-0.3, -0.25) is 4.79 Å². The molecule has 1 amide bonds. The van der Waals surface area contributed by atoms with Gasteiger partial charge in [0, 0.05) is 26.6 Å². The molecule has 144 valence electrons. The molecule has 2 N–H and O–H groups in total. The molecule has 1 aromatic carbocycles. The predicted octanol–water partition coefficient (Wildman–Crippen LogP) is 1.30. The Balaban J connectivity index is 1.62. The lowest BCUT2D eigenvalue weighted by Crippen LogP contribution is -2.33. The minimum atomic E-state index is -3.49. The summed E-state index contributed by atoms with van der Waals surface area (Å²) in [6.07, 6.45) is 4.67. The van der Waals surface area contributed by atoms with E-state index in [1.807, 2.05) is 11.0 Å². The van der Waals surface area contributed by atoms with Gasteiger partial charge in [0.2, 0.25) is 15.9 Å². The fourth-order valence-corrected chi connectivity index (χ4v) is 4.93. The van der Waals surface area contributed by atoms with E-state index in [-0.39, 0.29) is 5.91 Å². The summed E-state index contributed by atoms with van der Waals surface area (Å²) in [6, 6.07) is 5.37. The van der Waals surface area contributed by atoms with Gasteiger partial charge in [-0.2, -0.15) is 0 Å². The molecule has 26 heavy (non-hydrogen) atoms. The number of fused-ring (bicyclic) bond motifs is 1. The van der Waals surface area contributed by atoms with Crippen LogP contribution in [0.2, 0.25) is 0 Å². The third-order valence-electron chi connectivity index (χ3n) is 5.48. The van der Waals surface area contributed by atoms with Crippen LogP contribution in [0.3, 0.4) is 0 Å². The number of piperidine rings is 1. The van der Waals surface area contributed by atoms with E-state index in [9.17, 15) is 13.2 Å². The third-order valence-corrected chi connectivity index (χ3v) is 6.94. The molecule has 2 aliphatic rings. The van der Waals surface area contributed by atoms with Crippen LogP contribution in [0.1, 0.15) is 37.3 Å². The number of hydrogen-bond donors (Lipinski definition) is 2. The zero-order valence-corrected chi connectivity index (χ0v) is 16.3. The summed E-state index contributed by atoms with van der Waals surface area (Å²) in [4.78, 5) is 13.7. The van der Waals surface area contributed by atoms with Crippen molar-refractivity contribution in [1.29, 1.82) is 0 Å².